The Morgan fingerprint density at radius 3 is 2.91 bits per heavy atom. The molecule has 4 aromatic rings. The van der Waals surface area contributed by atoms with Crippen molar-refractivity contribution in [2.75, 3.05) is 0 Å². The van der Waals surface area contributed by atoms with Gasteiger partial charge < -0.3 is 4.42 Å². The molecule has 4 rings (SSSR count). The first kappa shape index (κ1) is 10.5. The highest BCUT2D eigenvalue weighted by Crippen LogP contribution is 2.35. The van der Waals surface area contributed by atoms with Crippen LogP contribution in [-0.4, -0.2) is 4.98 Å². The van der Waals surface area contributed by atoms with Gasteiger partial charge in [-0.3, -0.25) is 4.98 Å². The van der Waals surface area contributed by atoms with Crippen LogP contribution in [0, 0.1) is 24.0 Å². The van der Waals surface area contributed by atoms with Gasteiger partial charge in [0.05, 0.1) is 17.3 Å². The fourth-order valence-electron chi connectivity index (χ4n) is 2.65. The van der Waals surface area contributed by atoms with E-state index in [-0.39, 0.29) is 5.69 Å². The number of pyridine rings is 1. The highest BCUT2D eigenvalue weighted by atomic mass is 19.1. The summed E-state index contributed by atoms with van der Waals surface area (Å²) in [4.78, 5) is 4.12. The molecular weight excluding hydrogens is 291 g/mol. The van der Waals surface area contributed by atoms with E-state index in [0.717, 1.165) is 23.0 Å². The average Bonchev–Trinajstić information content (AvgIpc) is 2.98. The van der Waals surface area contributed by atoms with Crippen molar-refractivity contribution in [2.45, 2.75) is 6.85 Å². The highest BCUT2D eigenvalue weighted by molar-refractivity contribution is 6.09. The summed E-state index contributed by atoms with van der Waals surface area (Å²) in [6.45, 7) is -2.56. The van der Waals surface area contributed by atoms with Gasteiger partial charge in [0.1, 0.15) is 17.0 Å². The molecule has 2 aromatic carbocycles. The number of nitrogens with zero attached hydrogens (tertiary/aromatic N) is 2. The third-order valence-corrected chi connectivity index (χ3v) is 3.76. The van der Waals surface area contributed by atoms with Crippen molar-refractivity contribution in [2.24, 2.45) is 0 Å². The zero-order valence-electron chi connectivity index (χ0n) is 14.8. The molecule has 3 nitrogen and oxygen atoms in total. The molecule has 0 aliphatic heterocycles. The maximum atomic E-state index is 14.3. The molecule has 0 amide bonds. The van der Waals surface area contributed by atoms with Gasteiger partial charge >= 0.3 is 0 Å². The third-order valence-electron chi connectivity index (χ3n) is 3.76. The predicted octanol–water partition coefficient (Wildman–Crippen LogP) is 4.97. The minimum Gasteiger partial charge on any atom is -0.455 e. The topological polar surface area (TPSA) is 49.8 Å². The quantitative estimate of drug-likeness (QED) is 0.499. The number of furan rings is 1. The summed E-state index contributed by atoms with van der Waals surface area (Å²) in [6, 6.07) is 13.7. The molecule has 0 fully saturated rings. The lowest BCUT2D eigenvalue weighted by atomic mass is 10.1. The summed E-state index contributed by atoms with van der Waals surface area (Å²) in [5.41, 5.74) is 1.94. The summed E-state index contributed by atoms with van der Waals surface area (Å²) >= 11 is 0. The van der Waals surface area contributed by atoms with Crippen LogP contribution >= 0.6 is 0 Å². The molecule has 0 bridgehead atoms. The molecule has 0 N–H and O–H groups in total. The van der Waals surface area contributed by atoms with Crippen molar-refractivity contribution < 1.29 is 12.9 Å². The summed E-state index contributed by atoms with van der Waals surface area (Å²) in [5, 5.41) is 10.7. The Labute approximate surface area is 135 Å². The average molecular weight is 305 g/mol. The molecule has 0 aliphatic rings. The standard InChI is InChI=1S/C19H11FN2O/c1-11-10-22-17(8-16(11)20)15-4-2-3-14-13-6-5-12(9-21)7-18(13)23-19(14)15/h2-8,10H,1H3/i1D3. The first-order chi connectivity index (χ1) is 12.4. The van der Waals surface area contributed by atoms with E-state index < -0.39 is 18.2 Å². The van der Waals surface area contributed by atoms with Gasteiger partial charge in [-0.15, -0.1) is 0 Å². The second kappa shape index (κ2) is 4.92. The van der Waals surface area contributed by atoms with Gasteiger partial charge in [-0.05, 0) is 31.1 Å². The molecule has 0 spiro atoms. The monoisotopic (exact) mass is 305 g/mol. The van der Waals surface area contributed by atoms with E-state index in [9.17, 15) is 4.39 Å². The molecule has 0 unspecified atom stereocenters. The first-order valence-corrected chi connectivity index (χ1v) is 6.90. The van der Waals surface area contributed by atoms with E-state index in [1.807, 2.05) is 6.07 Å². The predicted molar refractivity (Wildman–Crippen MR) is 86.4 cm³/mol. The molecule has 0 aliphatic carbocycles. The van der Waals surface area contributed by atoms with Crippen LogP contribution in [0.2, 0.25) is 0 Å². The Morgan fingerprint density at radius 1 is 1.22 bits per heavy atom. The van der Waals surface area contributed by atoms with Gasteiger partial charge in [0.15, 0.2) is 0 Å². The molecule has 2 aromatic heterocycles. The van der Waals surface area contributed by atoms with Crippen LogP contribution in [0.4, 0.5) is 4.39 Å². The van der Waals surface area contributed by atoms with Gasteiger partial charge in [-0.2, -0.15) is 5.26 Å². The normalized spacial score (nSPS) is 13.5. The highest BCUT2D eigenvalue weighted by Gasteiger charge is 2.14. The van der Waals surface area contributed by atoms with E-state index in [1.165, 1.54) is 0 Å². The number of halogens is 1. The molecule has 0 saturated carbocycles. The number of aryl methyl sites for hydroxylation is 1. The van der Waals surface area contributed by atoms with Gasteiger partial charge in [-0.1, -0.05) is 12.1 Å². The second-order valence-corrected chi connectivity index (χ2v) is 5.16. The Bertz CT molecular complexity index is 1210. The molecular formula is C19H11FN2O. The van der Waals surface area contributed by atoms with Crippen LogP contribution < -0.4 is 0 Å². The second-order valence-electron chi connectivity index (χ2n) is 5.16. The van der Waals surface area contributed by atoms with Crippen molar-refractivity contribution in [1.82, 2.24) is 4.98 Å². The van der Waals surface area contributed by atoms with Crippen molar-refractivity contribution in [3.63, 3.8) is 0 Å². The van der Waals surface area contributed by atoms with Crippen LogP contribution in [0.1, 0.15) is 15.2 Å². The minimum absolute atomic E-state index is 0.278. The number of fused-ring (bicyclic) bond motifs is 3. The van der Waals surface area contributed by atoms with Crippen LogP contribution in [0.5, 0.6) is 0 Å². The lowest BCUT2D eigenvalue weighted by molar-refractivity contribution is 0.616. The van der Waals surface area contributed by atoms with Crippen molar-refractivity contribution >= 4 is 21.9 Å². The Kier molecular flexibility index (Phi) is 2.25. The molecule has 0 atom stereocenters. The smallest absolute Gasteiger partial charge is 0.144 e. The number of hydrogen-bond donors (Lipinski definition) is 0. The van der Waals surface area contributed by atoms with Gasteiger partial charge in [-0.25, -0.2) is 4.39 Å². The number of hydrogen-bond acceptors (Lipinski definition) is 3. The number of nitriles is 1. The fraction of sp³-hybridized carbons (Fsp3) is 0.0526. The van der Waals surface area contributed by atoms with Crippen LogP contribution in [0.3, 0.4) is 0 Å². The van der Waals surface area contributed by atoms with Crippen molar-refractivity contribution in [3.8, 4) is 17.3 Å². The van der Waals surface area contributed by atoms with E-state index in [1.54, 1.807) is 30.3 Å². The molecule has 0 radical (unpaired) electrons. The summed E-state index contributed by atoms with van der Waals surface area (Å²) in [7, 11) is 0. The lowest BCUT2D eigenvalue weighted by Gasteiger charge is -2.03. The van der Waals surface area contributed by atoms with Crippen LogP contribution in [-0.2, 0) is 0 Å². The summed E-state index contributed by atoms with van der Waals surface area (Å²) in [6.07, 6.45) is 1.03. The van der Waals surface area contributed by atoms with Gasteiger partial charge in [0.2, 0.25) is 0 Å². The van der Waals surface area contributed by atoms with Crippen molar-refractivity contribution in [3.05, 3.63) is 65.6 Å². The Balaban J connectivity index is 1.95. The zero-order chi connectivity index (χ0) is 18.5. The van der Waals surface area contributed by atoms with E-state index in [0.29, 0.717) is 22.3 Å². The third kappa shape index (κ3) is 2.06. The summed E-state index contributed by atoms with van der Waals surface area (Å²) in [5.74, 6) is -0.838. The minimum atomic E-state index is -2.56. The molecule has 23 heavy (non-hydrogen) atoms. The fourth-order valence-corrected chi connectivity index (χ4v) is 2.65. The van der Waals surface area contributed by atoms with Gasteiger partial charge in [0.25, 0.3) is 0 Å². The largest absolute Gasteiger partial charge is 0.455 e. The summed E-state index contributed by atoms with van der Waals surface area (Å²) < 4.78 is 42.2. The zero-order valence-corrected chi connectivity index (χ0v) is 11.8. The lowest BCUT2D eigenvalue weighted by Crippen LogP contribution is -1.89. The number of para-hydroxylation sites is 1. The number of aromatic nitrogens is 1. The van der Waals surface area contributed by atoms with Crippen LogP contribution in [0.25, 0.3) is 33.2 Å². The number of benzene rings is 2. The van der Waals surface area contributed by atoms with E-state index in [2.05, 4.69) is 11.1 Å². The Hall–Kier alpha value is -3.19. The van der Waals surface area contributed by atoms with Crippen molar-refractivity contribution in [1.29, 1.82) is 5.26 Å². The maximum Gasteiger partial charge on any atom is 0.144 e. The van der Waals surface area contributed by atoms with E-state index in [4.69, 9.17) is 13.8 Å². The molecule has 2 heterocycles. The maximum absolute atomic E-state index is 14.3. The van der Waals surface area contributed by atoms with Gasteiger partial charge in [0, 0.05) is 38.3 Å². The SMILES string of the molecule is [2H]C([2H])([2H])c1cnc(-c2cccc3c2oc2cc(C#N)ccc23)cc1F. The van der Waals surface area contributed by atoms with E-state index >= 15 is 0 Å². The molecule has 4 heteroatoms. The molecule has 110 valence electrons. The Morgan fingerprint density at radius 2 is 2.13 bits per heavy atom. The first-order valence-electron chi connectivity index (χ1n) is 8.40. The number of rotatable bonds is 1. The van der Waals surface area contributed by atoms with Crippen LogP contribution in [0.15, 0.2) is 53.1 Å². The molecule has 0 saturated heterocycles.